The van der Waals surface area contributed by atoms with Crippen LogP contribution in [0.1, 0.15) is 22.5 Å². The predicted octanol–water partition coefficient (Wildman–Crippen LogP) is 2.09. The van der Waals surface area contributed by atoms with Gasteiger partial charge in [0, 0.05) is 37.0 Å². The fourth-order valence-corrected chi connectivity index (χ4v) is 3.99. The molecule has 0 bridgehead atoms. The molecular weight excluding hydrogens is 422 g/mol. The highest BCUT2D eigenvalue weighted by molar-refractivity contribution is 6.07. The molecule has 2 amide bonds. The zero-order valence-corrected chi connectivity index (χ0v) is 17.9. The molecule has 1 saturated heterocycles. The van der Waals surface area contributed by atoms with Gasteiger partial charge in [-0.15, -0.1) is 0 Å². The second-order valence-corrected chi connectivity index (χ2v) is 7.86. The maximum absolute atomic E-state index is 13.1. The minimum atomic E-state index is -0.463. The number of morpholine rings is 1. The van der Waals surface area contributed by atoms with Crippen LogP contribution < -0.4 is 21.3 Å². The molecule has 33 heavy (non-hydrogen) atoms. The van der Waals surface area contributed by atoms with Crippen LogP contribution in [-0.4, -0.2) is 53.1 Å². The Balaban J connectivity index is 1.41. The van der Waals surface area contributed by atoms with Crippen molar-refractivity contribution >= 4 is 34.7 Å². The molecule has 2 aromatic heterocycles. The Morgan fingerprint density at radius 3 is 2.85 bits per heavy atom. The first-order valence-electron chi connectivity index (χ1n) is 10.7. The number of nitrogens with zero attached hydrogens (tertiary/aromatic N) is 4. The van der Waals surface area contributed by atoms with Gasteiger partial charge in [0.15, 0.2) is 11.5 Å². The Kier molecular flexibility index (Phi) is 5.57. The number of benzene rings is 1. The summed E-state index contributed by atoms with van der Waals surface area (Å²) in [5, 5.41) is 5.74. The van der Waals surface area contributed by atoms with Gasteiger partial charge >= 0.3 is 0 Å². The highest BCUT2D eigenvalue weighted by atomic mass is 16.5. The van der Waals surface area contributed by atoms with Gasteiger partial charge in [-0.05, 0) is 30.2 Å². The third-order valence-electron chi connectivity index (χ3n) is 5.71. The van der Waals surface area contributed by atoms with Crippen molar-refractivity contribution in [1.82, 2.24) is 15.0 Å². The molecule has 1 fully saturated rings. The molecule has 0 radical (unpaired) electrons. The molecule has 0 aliphatic carbocycles. The van der Waals surface area contributed by atoms with Crippen molar-refractivity contribution in [3.05, 3.63) is 54.1 Å². The van der Waals surface area contributed by atoms with E-state index < -0.39 is 5.91 Å². The number of carbonyl (C=O) groups excluding carboxylic acids is 2. The van der Waals surface area contributed by atoms with Gasteiger partial charge in [0.1, 0.15) is 0 Å². The summed E-state index contributed by atoms with van der Waals surface area (Å²) in [5.41, 5.74) is 10.6. The average molecular weight is 445 g/mol. The number of pyridine rings is 1. The number of fused-ring (bicyclic) bond motifs is 1. The quantitative estimate of drug-likeness (QED) is 0.556. The van der Waals surface area contributed by atoms with E-state index in [-0.39, 0.29) is 17.4 Å². The van der Waals surface area contributed by atoms with E-state index in [9.17, 15) is 9.59 Å². The summed E-state index contributed by atoms with van der Waals surface area (Å²) < 4.78 is 5.42. The molecule has 0 spiro atoms. The molecule has 10 nitrogen and oxygen atoms in total. The van der Waals surface area contributed by atoms with E-state index in [1.165, 1.54) is 0 Å². The van der Waals surface area contributed by atoms with Crippen molar-refractivity contribution in [3.63, 3.8) is 0 Å². The average Bonchev–Trinajstić information content (AvgIpc) is 2.85. The topological polar surface area (TPSA) is 135 Å². The van der Waals surface area contributed by atoms with Crippen LogP contribution in [0.4, 0.5) is 22.9 Å². The van der Waals surface area contributed by atoms with E-state index in [4.69, 9.17) is 10.5 Å². The van der Waals surface area contributed by atoms with E-state index in [2.05, 4.69) is 30.5 Å². The fraction of sp³-hybridized carbons (Fsp3) is 0.261. The van der Waals surface area contributed by atoms with Crippen molar-refractivity contribution in [2.24, 2.45) is 0 Å². The van der Waals surface area contributed by atoms with Crippen LogP contribution in [0.3, 0.4) is 0 Å². The number of amides is 2. The van der Waals surface area contributed by atoms with Crippen LogP contribution >= 0.6 is 0 Å². The second-order valence-electron chi connectivity index (χ2n) is 7.86. The fourth-order valence-electron chi connectivity index (χ4n) is 3.99. The normalized spacial score (nSPS) is 15.5. The molecule has 3 aromatic rings. The molecule has 2 aliphatic rings. The van der Waals surface area contributed by atoms with E-state index in [1.807, 2.05) is 24.3 Å². The standard InChI is InChI=1S/C23H23N7O3/c24-22-21(23(32)29-18-12-25-6-5-19(18)30-7-9-33-10-8-30)28-17(13-26-22)15-1-3-16-14(11-15)2-4-20(31)27-16/h1,3,5-6,11-13H,2,4,7-10H2,(H2,24,26)(H,27,31)(H,29,32). The maximum atomic E-state index is 13.1. The van der Waals surface area contributed by atoms with Crippen LogP contribution in [0, 0.1) is 0 Å². The number of ether oxygens (including phenoxy) is 1. The van der Waals surface area contributed by atoms with Crippen molar-refractivity contribution in [3.8, 4) is 11.3 Å². The van der Waals surface area contributed by atoms with Gasteiger partial charge in [-0.2, -0.15) is 0 Å². The molecule has 10 heteroatoms. The van der Waals surface area contributed by atoms with Crippen molar-refractivity contribution in [1.29, 1.82) is 0 Å². The number of nitrogen functional groups attached to an aromatic ring is 1. The molecule has 2 aliphatic heterocycles. The number of aryl methyl sites for hydroxylation is 1. The van der Waals surface area contributed by atoms with Gasteiger partial charge in [0.05, 0.1) is 42.7 Å². The molecule has 168 valence electrons. The van der Waals surface area contributed by atoms with Gasteiger partial charge in [0.2, 0.25) is 5.91 Å². The SMILES string of the molecule is Nc1ncc(-c2ccc3c(c2)CCC(=O)N3)nc1C(=O)Nc1cnccc1N1CCOCC1. The largest absolute Gasteiger partial charge is 0.382 e. The number of nitrogens with one attached hydrogen (secondary N) is 2. The van der Waals surface area contributed by atoms with E-state index in [1.54, 1.807) is 18.6 Å². The van der Waals surface area contributed by atoms with Crippen molar-refractivity contribution < 1.29 is 14.3 Å². The molecule has 5 rings (SSSR count). The first-order valence-corrected chi connectivity index (χ1v) is 10.7. The number of nitrogens with two attached hydrogens (primary N) is 1. The van der Waals surface area contributed by atoms with Crippen LogP contribution in [-0.2, 0) is 16.0 Å². The predicted molar refractivity (Wildman–Crippen MR) is 124 cm³/mol. The summed E-state index contributed by atoms with van der Waals surface area (Å²) in [4.78, 5) is 39.7. The van der Waals surface area contributed by atoms with Crippen LogP contribution in [0.2, 0.25) is 0 Å². The van der Waals surface area contributed by atoms with E-state index in [0.717, 1.165) is 35.6 Å². The second kappa shape index (κ2) is 8.83. The number of rotatable bonds is 4. The maximum Gasteiger partial charge on any atom is 0.278 e. The lowest BCUT2D eigenvalue weighted by molar-refractivity contribution is -0.116. The zero-order chi connectivity index (χ0) is 22.8. The molecule has 4 N–H and O–H groups in total. The zero-order valence-electron chi connectivity index (χ0n) is 17.9. The smallest absolute Gasteiger partial charge is 0.278 e. The summed E-state index contributed by atoms with van der Waals surface area (Å²) in [6, 6.07) is 7.49. The molecule has 0 unspecified atom stereocenters. The highest BCUT2D eigenvalue weighted by Gasteiger charge is 2.21. The first-order chi connectivity index (χ1) is 16.1. The lowest BCUT2D eigenvalue weighted by Gasteiger charge is -2.30. The lowest BCUT2D eigenvalue weighted by Crippen LogP contribution is -2.36. The summed E-state index contributed by atoms with van der Waals surface area (Å²) in [7, 11) is 0. The summed E-state index contributed by atoms with van der Waals surface area (Å²) in [6.45, 7) is 2.70. The third kappa shape index (κ3) is 4.33. The minimum absolute atomic E-state index is 0.00772. The van der Waals surface area contributed by atoms with Gasteiger partial charge in [0.25, 0.3) is 5.91 Å². The molecule has 0 atom stereocenters. The van der Waals surface area contributed by atoms with E-state index in [0.29, 0.717) is 37.4 Å². The van der Waals surface area contributed by atoms with Gasteiger partial charge in [-0.1, -0.05) is 6.07 Å². The summed E-state index contributed by atoms with van der Waals surface area (Å²) in [6.07, 6.45) is 5.92. The highest BCUT2D eigenvalue weighted by Crippen LogP contribution is 2.29. The molecule has 0 saturated carbocycles. The molecule has 1 aromatic carbocycles. The first kappa shape index (κ1) is 20.8. The van der Waals surface area contributed by atoms with Gasteiger partial charge in [-0.25, -0.2) is 9.97 Å². The minimum Gasteiger partial charge on any atom is -0.382 e. The number of hydrogen-bond acceptors (Lipinski definition) is 8. The number of anilines is 4. The van der Waals surface area contributed by atoms with Gasteiger partial charge in [-0.3, -0.25) is 14.6 Å². The van der Waals surface area contributed by atoms with Crippen molar-refractivity contribution in [2.45, 2.75) is 12.8 Å². The Morgan fingerprint density at radius 1 is 1.15 bits per heavy atom. The Hall–Kier alpha value is -4.05. The Labute approximate surface area is 190 Å². The third-order valence-corrected chi connectivity index (χ3v) is 5.71. The number of aromatic nitrogens is 3. The van der Waals surface area contributed by atoms with Crippen LogP contribution in [0.15, 0.2) is 42.9 Å². The molecular formula is C23H23N7O3. The van der Waals surface area contributed by atoms with Gasteiger partial charge < -0.3 is 26.0 Å². The summed E-state index contributed by atoms with van der Waals surface area (Å²) in [5.74, 6) is -0.416. The lowest BCUT2D eigenvalue weighted by atomic mass is 9.99. The van der Waals surface area contributed by atoms with Crippen LogP contribution in [0.25, 0.3) is 11.3 Å². The number of hydrogen-bond donors (Lipinski definition) is 3. The summed E-state index contributed by atoms with van der Waals surface area (Å²) >= 11 is 0. The molecule has 4 heterocycles. The van der Waals surface area contributed by atoms with Crippen molar-refractivity contribution in [2.75, 3.05) is 47.6 Å². The number of carbonyl (C=O) groups is 2. The van der Waals surface area contributed by atoms with Crippen LogP contribution in [0.5, 0.6) is 0 Å². The monoisotopic (exact) mass is 445 g/mol. The Bertz CT molecular complexity index is 1220. The Morgan fingerprint density at radius 2 is 2.00 bits per heavy atom. The van der Waals surface area contributed by atoms with E-state index >= 15 is 0 Å².